The molecule has 0 radical (unpaired) electrons. The molecular formula is C32H55NO7P+. The number of ether oxygens (including phenoxy) is 2. The van der Waals surface area contributed by atoms with Crippen LogP contribution in [0.15, 0.2) is 72.9 Å². The second-order valence-electron chi connectivity index (χ2n) is 10.5. The van der Waals surface area contributed by atoms with Crippen molar-refractivity contribution in [2.75, 3.05) is 54.1 Å². The molecule has 0 fully saturated rings. The Balaban J connectivity index is 3.95. The molecule has 0 saturated heterocycles. The number of likely N-dealkylation sites (N-methyl/N-ethyl adjacent to an activating group) is 1. The van der Waals surface area contributed by atoms with E-state index < -0.39 is 19.9 Å². The number of unbranched alkanes of at least 4 members (excludes halogenated alkanes) is 1. The van der Waals surface area contributed by atoms with E-state index in [0.717, 1.165) is 51.4 Å². The van der Waals surface area contributed by atoms with E-state index in [1.165, 1.54) is 6.92 Å². The minimum absolute atomic E-state index is 0.0700. The van der Waals surface area contributed by atoms with Crippen molar-refractivity contribution in [1.29, 1.82) is 0 Å². The third kappa shape index (κ3) is 30.7. The Morgan fingerprint density at radius 2 is 1.24 bits per heavy atom. The summed E-state index contributed by atoms with van der Waals surface area (Å²) in [6, 6.07) is 0. The number of rotatable bonds is 25. The zero-order chi connectivity index (χ0) is 30.7. The quantitative estimate of drug-likeness (QED) is 0.0390. The Hall–Kier alpha value is -2.06. The van der Waals surface area contributed by atoms with Gasteiger partial charge in [0.1, 0.15) is 19.3 Å². The van der Waals surface area contributed by atoms with Crippen LogP contribution in [-0.2, 0) is 27.9 Å². The highest BCUT2D eigenvalue weighted by molar-refractivity contribution is 7.47. The molecule has 0 aromatic heterocycles. The van der Waals surface area contributed by atoms with E-state index in [2.05, 4.69) is 79.8 Å². The summed E-state index contributed by atoms with van der Waals surface area (Å²) in [5.41, 5.74) is 0. The summed E-state index contributed by atoms with van der Waals surface area (Å²) in [6.07, 6.45) is 32.9. The second kappa shape index (κ2) is 25.6. The number of carbonyl (C=O) groups excluding carboxylic acids is 1. The van der Waals surface area contributed by atoms with E-state index in [1.54, 1.807) is 0 Å². The number of phosphoric ester groups is 1. The van der Waals surface area contributed by atoms with Gasteiger partial charge in [-0.1, -0.05) is 79.8 Å². The van der Waals surface area contributed by atoms with Crippen molar-refractivity contribution in [3.63, 3.8) is 0 Å². The van der Waals surface area contributed by atoms with E-state index >= 15 is 0 Å². The molecular weight excluding hydrogens is 541 g/mol. The van der Waals surface area contributed by atoms with Gasteiger partial charge in [-0.25, -0.2) is 4.57 Å². The maximum absolute atomic E-state index is 12.1. The molecule has 1 N–H and O–H groups in total. The largest absolute Gasteiger partial charge is 0.472 e. The molecule has 9 heteroatoms. The molecule has 0 aromatic carbocycles. The van der Waals surface area contributed by atoms with E-state index in [-0.39, 0.29) is 19.8 Å². The van der Waals surface area contributed by atoms with E-state index in [4.69, 9.17) is 18.5 Å². The average molecular weight is 597 g/mol. The summed E-state index contributed by atoms with van der Waals surface area (Å²) in [5, 5.41) is 0. The topological polar surface area (TPSA) is 91.3 Å². The zero-order valence-electron chi connectivity index (χ0n) is 26.0. The lowest BCUT2D eigenvalue weighted by atomic mass is 10.2. The van der Waals surface area contributed by atoms with Crippen molar-refractivity contribution in [2.45, 2.75) is 71.3 Å². The summed E-state index contributed by atoms with van der Waals surface area (Å²) in [5.74, 6) is -0.515. The first kappa shape index (κ1) is 38.9. The molecule has 0 aromatic rings. The Morgan fingerprint density at radius 3 is 1.71 bits per heavy atom. The monoisotopic (exact) mass is 596 g/mol. The van der Waals surface area contributed by atoms with E-state index in [1.807, 2.05) is 21.1 Å². The number of carbonyl (C=O) groups is 1. The van der Waals surface area contributed by atoms with Gasteiger partial charge in [-0.2, -0.15) is 0 Å². The predicted molar refractivity (Wildman–Crippen MR) is 168 cm³/mol. The van der Waals surface area contributed by atoms with E-state index in [9.17, 15) is 14.3 Å². The molecule has 0 heterocycles. The number of quaternary nitrogens is 1. The molecule has 41 heavy (non-hydrogen) atoms. The fourth-order valence-corrected chi connectivity index (χ4v) is 3.89. The van der Waals surface area contributed by atoms with Crippen LogP contribution in [0.5, 0.6) is 0 Å². The van der Waals surface area contributed by atoms with Gasteiger partial charge in [-0.15, -0.1) is 0 Å². The Labute approximate surface area is 249 Å². The molecule has 0 aliphatic rings. The summed E-state index contributed by atoms with van der Waals surface area (Å²) < 4.78 is 33.4. The average Bonchev–Trinajstić information content (AvgIpc) is 2.89. The maximum Gasteiger partial charge on any atom is 0.472 e. The van der Waals surface area contributed by atoms with Gasteiger partial charge in [-0.3, -0.25) is 13.8 Å². The first-order chi connectivity index (χ1) is 19.6. The van der Waals surface area contributed by atoms with Crippen LogP contribution in [-0.4, -0.2) is 75.6 Å². The number of nitrogens with zero attached hydrogens (tertiary/aromatic N) is 1. The molecule has 0 rings (SSSR count). The maximum atomic E-state index is 12.1. The van der Waals surface area contributed by atoms with Gasteiger partial charge in [0.2, 0.25) is 0 Å². The molecule has 8 nitrogen and oxygen atoms in total. The normalized spacial score (nSPS) is 15.4. The van der Waals surface area contributed by atoms with Crippen molar-refractivity contribution in [3.8, 4) is 0 Å². The molecule has 0 saturated carbocycles. The van der Waals surface area contributed by atoms with Crippen molar-refractivity contribution in [2.24, 2.45) is 0 Å². The molecule has 234 valence electrons. The molecule has 0 aliphatic heterocycles. The standard InChI is InChI=1S/C32H54NO7P/c1-6-7-8-9-10-11-12-13-14-15-16-17-18-19-20-21-22-23-24-25-27-37-29-32(40-31(2)34)30-39-41(35,36)38-28-26-33(3,4)5/h7-8,10-11,13-14,16-17,19-20,22-23,32H,6,9,12,15,18,21,24-30H2,1-5H3/p+1/b8-7-,11-10-,14-13-,17-16-,20-19-,23-22-. The minimum atomic E-state index is -4.24. The van der Waals surface area contributed by atoms with Crippen molar-refractivity contribution >= 4 is 13.8 Å². The molecule has 0 bridgehead atoms. The lowest BCUT2D eigenvalue weighted by molar-refractivity contribution is -0.870. The molecule has 0 spiro atoms. The van der Waals surface area contributed by atoms with Crippen molar-refractivity contribution in [1.82, 2.24) is 0 Å². The first-order valence-electron chi connectivity index (χ1n) is 14.6. The third-order valence-corrected chi connectivity index (χ3v) is 6.32. The van der Waals surface area contributed by atoms with Crippen LogP contribution >= 0.6 is 7.82 Å². The highest BCUT2D eigenvalue weighted by Gasteiger charge is 2.25. The summed E-state index contributed by atoms with van der Waals surface area (Å²) >= 11 is 0. The molecule has 2 atom stereocenters. The minimum Gasteiger partial charge on any atom is -0.458 e. The number of hydrogen-bond acceptors (Lipinski definition) is 6. The first-order valence-corrected chi connectivity index (χ1v) is 16.1. The Bertz CT molecular complexity index is 885. The van der Waals surface area contributed by atoms with E-state index in [0.29, 0.717) is 17.6 Å². The third-order valence-electron chi connectivity index (χ3n) is 5.33. The van der Waals surface area contributed by atoms with Gasteiger partial charge in [0, 0.05) is 13.5 Å². The van der Waals surface area contributed by atoms with Crippen LogP contribution in [0.2, 0.25) is 0 Å². The molecule has 0 amide bonds. The summed E-state index contributed by atoms with van der Waals surface area (Å²) in [4.78, 5) is 21.2. The Kier molecular flexibility index (Phi) is 24.3. The highest BCUT2D eigenvalue weighted by Crippen LogP contribution is 2.43. The zero-order valence-corrected chi connectivity index (χ0v) is 26.9. The van der Waals surface area contributed by atoms with Crippen molar-refractivity contribution < 1.29 is 37.3 Å². The number of hydrogen-bond donors (Lipinski definition) is 1. The number of esters is 1. The lowest BCUT2D eigenvalue weighted by Gasteiger charge is -2.24. The molecule has 0 aliphatic carbocycles. The van der Waals surface area contributed by atoms with Crippen LogP contribution in [0.3, 0.4) is 0 Å². The van der Waals surface area contributed by atoms with Crippen LogP contribution in [0.1, 0.15) is 65.2 Å². The van der Waals surface area contributed by atoms with Crippen molar-refractivity contribution in [3.05, 3.63) is 72.9 Å². The lowest BCUT2D eigenvalue weighted by Crippen LogP contribution is -2.37. The van der Waals surface area contributed by atoms with Gasteiger partial charge in [0.25, 0.3) is 0 Å². The van der Waals surface area contributed by atoms with Gasteiger partial charge in [0.15, 0.2) is 0 Å². The highest BCUT2D eigenvalue weighted by atomic mass is 31.2. The van der Waals surface area contributed by atoms with Crippen LogP contribution in [0.25, 0.3) is 0 Å². The molecule has 2 unspecified atom stereocenters. The summed E-state index contributed by atoms with van der Waals surface area (Å²) in [7, 11) is 1.60. The smallest absolute Gasteiger partial charge is 0.458 e. The van der Waals surface area contributed by atoms with Gasteiger partial charge in [0.05, 0.1) is 34.4 Å². The summed E-state index contributed by atoms with van der Waals surface area (Å²) in [6.45, 7) is 4.28. The number of allylic oxidation sites excluding steroid dienone is 12. The SMILES string of the molecule is CC/C=C\C/C=C\C/C=C\C/C=C\C/C=C\C/C=C\CCCOCC(COP(=O)(O)OCC[N+](C)(C)C)OC(C)=O. The Morgan fingerprint density at radius 1 is 0.756 bits per heavy atom. The fraction of sp³-hybridized carbons (Fsp3) is 0.594. The van der Waals surface area contributed by atoms with Gasteiger partial charge >= 0.3 is 13.8 Å². The predicted octanol–water partition coefficient (Wildman–Crippen LogP) is 7.25. The second-order valence-corrected chi connectivity index (χ2v) is 11.9. The van der Waals surface area contributed by atoms with Gasteiger partial charge < -0.3 is 18.9 Å². The fourth-order valence-electron chi connectivity index (χ4n) is 3.15. The van der Waals surface area contributed by atoms with Crippen LogP contribution in [0.4, 0.5) is 0 Å². The van der Waals surface area contributed by atoms with Crippen LogP contribution in [0, 0.1) is 0 Å². The number of phosphoric acid groups is 1. The van der Waals surface area contributed by atoms with Crippen LogP contribution < -0.4 is 0 Å². The van der Waals surface area contributed by atoms with Gasteiger partial charge in [-0.05, 0) is 51.4 Å².